The van der Waals surface area contributed by atoms with Crippen LogP contribution in [0.5, 0.6) is 0 Å². The first-order valence-electron chi connectivity index (χ1n) is 10.9. The SMILES string of the molecule is O=C(NC1COC(CN2CCN(c3cccc(C(F)(F)F)c3)CC2)C1O)N1CCOCC1. The molecule has 3 aliphatic rings. The molecule has 0 radical (unpaired) electrons. The van der Waals surface area contributed by atoms with Crippen LogP contribution in [0.2, 0.25) is 0 Å². The number of benzene rings is 1. The minimum Gasteiger partial charge on any atom is -0.388 e. The van der Waals surface area contributed by atoms with Crippen molar-refractivity contribution in [1.29, 1.82) is 0 Å². The third kappa shape index (κ3) is 5.45. The van der Waals surface area contributed by atoms with Gasteiger partial charge in [-0.05, 0) is 18.2 Å². The molecule has 11 heteroatoms. The summed E-state index contributed by atoms with van der Waals surface area (Å²) in [5.74, 6) is 0. The number of morpholine rings is 1. The smallest absolute Gasteiger partial charge is 0.388 e. The number of aliphatic hydroxyl groups is 1. The van der Waals surface area contributed by atoms with Gasteiger partial charge in [0.15, 0.2) is 0 Å². The molecule has 3 heterocycles. The number of piperazine rings is 1. The number of halogens is 3. The largest absolute Gasteiger partial charge is 0.416 e. The second-order valence-electron chi connectivity index (χ2n) is 8.35. The summed E-state index contributed by atoms with van der Waals surface area (Å²) >= 11 is 0. The lowest BCUT2D eigenvalue weighted by Gasteiger charge is -2.37. The zero-order valence-corrected chi connectivity index (χ0v) is 17.8. The lowest BCUT2D eigenvalue weighted by Crippen LogP contribution is -2.54. The molecule has 0 spiro atoms. The summed E-state index contributed by atoms with van der Waals surface area (Å²) in [4.78, 5) is 18.1. The summed E-state index contributed by atoms with van der Waals surface area (Å²) in [7, 11) is 0. The number of anilines is 1. The van der Waals surface area contributed by atoms with Crippen molar-refractivity contribution in [2.24, 2.45) is 0 Å². The fourth-order valence-electron chi connectivity index (χ4n) is 4.31. The summed E-state index contributed by atoms with van der Waals surface area (Å²) < 4.78 is 49.9. The van der Waals surface area contributed by atoms with Crippen LogP contribution in [0.25, 0.3) is 0 Å². The summed E-state index contributed by atoms with van der Waals surface area (Å²) in [5, 5.41) is 13.5. The maximum absolute atomic E-state index is 13.0. The molecule has 1 aromatic rings. The van der Waals surface area contributed by atoms with Crippen LogP contribution in [-0.4, -0.2) is 105 Å². The predicted octanol–water partition coefficient (Wildman–Crippen LogP) is 0.997. The van der Waals surface area contributed by atoms with E-state index in [1.54, 1.807) is 11.0 Å². The third-order valence-corrected chi connectivity index (χ3v) is 6.24. The number of nitrogens with one attached hydrogen (secondary N) is 1. The van der Waals surface area contributed by atoms with Crippen LogP contribution in [-0.2, 0) is 15.7 Å². The Morgan fingerprint density at radius 3 is 2.53 bits per heavy atom. The first-order chi connectivity index (χ1) is 15.3. The number of alkyl halides is 3. The van der Waals surface area contributed by atoms with Gasteiger partial charge in [-0.15, -0.1) is 0 Å². The Balaban J connectivity index is 1.24. The molecule has 4 rings (SSSR count). The summed E-state index contributed by atoms with van der Waals surface area (Å²) in [6.45, 7) is 5.26. The van der Waals surface area contributed by atoms with E-state index in [2.05, 4.69) is 10.2 Å². The molecule has 0 bridgehead atoms. The van der Waals surface area contributed by atoms with E-state index in [1.165, 1.54) is 12.1 Å². The van der Waals surface area contributed by atoms with Crippen LogP contribution in [0, 0.1) is 0 Å². The maximum Gasteiger partial charge on any atom is 0.416 e. The molecule has 3 saturated heterocycles. The van der Waals surface area contributed by atoms with Crippen LogP contribution >= 0.6 is 0 Å². The first-order valence-corrected chi connectivity index (χ1v) is 10.9. The Hall–Kier alpha value is -2.08. The first kappa shape index (κ1) is 23.1. The van der Waals surface area contributed by atoms with Crippen LogP contribution in [0.1, 0.15) is 5.56 Å². The van der Waals surface area contributed by atoms with E-state index >= 15 is 0 Å². The Morgan fingerprint density at radius 2 is 1.84 bits per heavy atom. The van der Waals surface area contributed by atoms with Gasteiger partial charge >= 0.3 is 12.2 Å². The molecular formula is C21H29F3N4O4. The topological polar surface area (TPSA) is 77.5 Å². The van der Waals surface area contributed by atoms with E-state index < -0.39 is 30.0 Å². The average molecular weight is 458 g/mol. The van der Waals surface area contributed by atoms with E-state index in [1.807, 2.05) is 4.90 Å². The lowest BCUT2D eigenvalue weighted by molar-refractivity contribution is -0.137. The molecular weight excluding hydrogens is 429 g/mol. The molecule has 3 atom stereocenters. The number of amides is 2. The molecule has 0 aliphatic carbocycles. The van der Waals surface area contributed by atoms with Crippen LogP contribution in [0.3, 0.4) is 0 Å². The normalized spacial score (nSPS) is 27.6. The Bertz CT molecular complexity index is 783. The molecule has 8 nitrogen and oxygen atoms in total. The quantitative estimate of drug-likeness (QED) is 0.701. The lowest BCUT2D eigenvalue weighted by atomic mass is 10.1. The van der Waals surface area contributed by atoms with Gasteiger partial charge in [0.2, 0.25) is 0 Å². The standard InChI is InChI=1S/C21H29F3N4O4/c22-21(23,24)15-2-1-3-16(12-15)27-6-4-26(5-7-27)13-18-19(29)17(14-32-18)25-20(30)28-8-10-31-11-9-28/h1-3,12,17-19,29H,4-11,13-14H2,(H,25,30). The zero-order valence-electron chi connectivity index (χ0n) is 17.8. The second kappa shape index (κ2) is 9.82. The molecule has 32 heavy (non-hydrogen) atoms. The van der Waals surface area contributed by atoms with Gasteiger partial charge in [0.25, 0.3) is 0 Å². The van der Waals surface area contributed by atoms with Gasteiger partial charge in [0, 0.05) is 51.5 Å². The number of ether oxygens (including phenoxy) is 2. The van der Waals surface area contributed by atoms with Crippen molar-refractivity contribution in [3.8, 4) is 0 Å². The minimum absolute atomic E-state index is 0.226. The van der Waals surface area contributed by atoms with Crippen molar-refractivity contribution in [2.45, 2.75) is 24.4 Å². The molecule has 1 aromatic carbocycles. The van der Waals surface area contributed by atoms with Gasteiger partial charge < -0.3 is 29.7 Å². The maximum atomic E-state index is 13.0. The third-order valence-electron chi connectivity index (χ3n) is 6.24. The van der Waals surface area contributed by atoms with Gasteiger partial charge in [-0.1, -0.05) is 6.07 Å². The predicted molar refractivity (Wildman–Crippen MR) is 111 cm³/mol. The number of rotatable bonds is 4. The van der Waals surface area contributed by atoms with Gasteiger partial charge in [-0.3, -0.25) is 4.90 Å². The van der Waals surface area contributed by atoms with E-state index in [0.717, 1.165) is 6.07 Å². The van der Waals surface area contributed by atoms with Gasteiger partial charge in [0.1, 0.15) is 6.10 Å². The number of nitrogens with zero attached hydrogens (tertiary/aromatic N) is 3. The van der Waals surface area contributed by atoms with Gasteiger partial charge in [0.05, 0.1) is 37.5 Å². The molecule has 2 amide bonds. The molecule has 3 fully saturated rings. The highest BCUT2D eigenvalue weighted by Gasteiger charge is 2.39. The molecule has 178 valence electrons. The Kier molecular flexibility index (Phi) is 7.08. The summed E-state index contributed by atoms with van der Waals surface area (Å²) in [5.41, 5.74) is -0.0902. The van der Waals surface area contributed by atoms with Crippen molar-refractivity contribution in [3.05, 3.63) is 29.8 Å². The molecule has 0 aromatic heterocycles. The Labute approximate surface area is 184 Å². The average Bonchev–Trinajstić information content (AvgIpc) is 3.13. The van der Waals surface area contributed by atoms with Crippen LogP contribution in [0.4, 0.5) is 23.7 Å². The van der Waals surface area contributed by atoms with Gasteiger partial charge in [-0.25, -0.2) is 4.79 Å². The van der Waals surface area contributed by atoms with E-state index in [-0.39, 0.29) is 12.6 Å². The fraction of sp³-hybridized carbons (Fsp3) is 0.667. The number of hydrogen-bond acceptors (Lipinski definition) is 6. The highest BCUT2D eigenvalue weighted by molar-refractivity contribution is 5.74. The molecule has 3 unspecified atom stereocenters. The molecule has 0 saturated carbocycles. The zero-order chi connectivity index (χ0) is 22.7. The fourth-order valence-corrected chi connectivity index (χ4v) is 4.31. The highest BCUT2D eigenvalue weighted by atomic mass is 19.4. The summed E-state index contributed by atoms with van der Waals surface area (Å²) in [6, 6.07) is 4.68. The summed E-state index contributed by atoms with van der Waals surface area (Å²) in [6.07, 6.45) is -5.60. The number of urea groups is 1. The Morgan fingerprint density at radius 1 is 1.12 bits per heavy atom. The highest BCUT2D eigenvalue weighted by Crippen LogP contribution is 2.32. The minimum atomic E-state index is -4.36. The number of hydrogen-bond donors (Lipinski definition) is 2. The van der Waals surface area contributed by atoms with Crippen molar-refractivity contribution in [3.63, 3.8) is 0 Å². The number of aliphatic hydroxyl groups excluding tert-OH is 1. The van der Waals surface area contributed by atoms with E-state index in [4.69, 9.17) is 9.47 Å². The molecule has 3 aliphatic heterocycles. The van der Waals surface area contributed by atoms with E-state index in [9.17, 15) is 23.1 Å². The van der Waals surface area contributed by atoms with E-state index in [0.29, 0.717) is 64.7 Å². The van der Waals surface area contributed by atoms with Crippen molar-refractivity contribution >= 4 is 11.7 Å². The number of carbonyl (C=O) groups excluding carboxylic acids is 1. The monoisotopic (exact) mass is 458 g/mol. The number of carbonyl (C=O) groups is 1. The van der Waals surface area contributed by atoms with Crippen molar-refractivity contribution < 1.29 is 32.5 Å². The van der Waals surface area contributed by atoms with Crippen molar-refractivity contribution in [1.82, 2.24) is 15.1 Å². The van der Waals surface area contributed by atoms with Crippen LogP contribution < -0.4 is 10.2 Å². The van der Waals surface area contributed by atoms with Crippen molar-refractivity contribution in [2.75, 3.05) is 70.5 Å². The second-order valence-corrected chi connectivity index (χ2v) is 8.35. The van der Waals surface area contributed by atoms with Crippen LogP contribution in [0.15, 0.2) is 24.3 Å². The molecule has 2 N–H and O–H groups in total. The van der Waals surface area contributed by atoms with Gasteiger partial charge in [-0.2, -0.15) is 13.2 Å².